The van der Waals surface area contributed by atoms with Crippen molar-refractivity contribution >= 4 is 58.5 Å². The predicted molar refractivity (Wildman–Crippen MR) is 175 cm³/mol. The van der Waals surface area contributed by atoms with Crippen molar-refractivity contribution < 1.29 is 24.6 Å². The third-order valence-corrected chi connectivity index (χ3v) is 9.69. The van der Waals surface area contributed by atoms with Gasteiger partial charge in [0.25, 0.3) is 0 Å². The highest BCUT2D eigenvalue weighted by atomic mass is 32.2. The molecule has 4 N–H and O–H groups in total. The lowest BCUT2D eigenvalue weighted by Gasteiger charge is -2.40. The second-order valence-electron chi connectivity index (χ2n) is 10.1. The maximum absolute atomic E-state index is 13.8. The Morgan fingerprint density at radius 1 is 0.818 bits per heavy atom. The lowest BCUT2D eigenvalue weighted by molar-refractivity contribution is -0.115. The largest absolute Gasteiger partial charge is 0.507 e. The number of rotatable bonds is 7. The van der Waals surface area contributed by atoms with E-state index >= 15 is 0 Å². The molecule has 3 amide bonds. The first-order chi connectivity index (χ1) is 21.4. The third-order valence-electron chi connectivity index (χ3n) is 7.14. The molecule has 3 unspecified atom stereocenters. The molecule has 10 heteroatoms. The van der Waals surface area contributed by atoms with Crippen LogP contribution in [0.1, 0.15) is 21.2 Å². The lowest BCUT2D eigenvalue weighted by Crippen LogP contribution is -2.49. The van der Waals surface area contributed by atoms with Crippen LogP contribution in [0.4, 0.5) is 21.9 Å². The number of amides is 3. The highest BCUT2D eigenvalue weighted by Crippen LogP contribution is 2.44. The number of benzene rings is 4. The van der Waals surface area contributed by atoms with Crippen molar-refractivity contribution in [2.45, 2.75) is 26.3 Å². The molecule has 4 aromatic rings. The normalized spacial score (nSPS) is 17.2. The number of hydrogen-bond donors (Lipinski definition) is 4. The number of carboxylic acid groups (broad SMARTS) is 1. The van der Waals surface area contributed by atoms with Crippen LogP contribution in [-0.4, -0.2) is 39.4 Å². The molecule has 0 bridgehead atoms. The molecule has 1 aliphatic carbocycles. The number of nitrogens with one attached hydrogen (secondary N) is 2. The summed E-state index contributed by atoms with van der Waals surface area (Å²) in [5, 5.41) is 24.5. The van der Waals surface area contributed by atoms with Gasteiger partial charge in [-0.05, 0) is 54.1 Å². The molecule has 8 nitrogen and oxygen atoms in total. The number of anilines is 3. The Balaban J connectivity index is 1.23. The summed E-state index contributed by atoms with van der Waals surface area (Å²) in [6, 6.07) is 27.9. The zero-order valence-electron chi connectivity index (χ0n) is 23.2. The van der Waals surface area contributed by atoms with Gasteiger partial charge in [-0.1, -0.05) is 72.8 Å². The van der Waals surface area contributed by atoms with Crippen molar-refractivity contribution in [3.8, 4) is 5.75 Å². The minimum Gasteiger partial charge on any atom is -0.507 e. The first kappa shape index (κ1) is 29.2. The van der Waals surface area contributed by atoms with Crippen LogP contribution in [0.5, 0.6) is 5.75 Å². The van der Waals surface area contributed by atoms with E-state index in [0.717, 1.165) is 21.0 Å². The van der Waals surface area contributed by atoms with Gasteiger partial charge in [0, 0.05) is 21.2 Å². The zero-order chi connectivity index (χ0) is 30.6. The fraction of sp³-hybridized carbons (Fsp3) is 0.0882. The second kappa shape index (κ2) is 12.7. The van der Waals surface area contributed by atoms with E-state index in [1.54, 1.807) is 16.7 Å². The van der Waals surface area contributed by atoms with Crippen LogP contribution in [0, 0.1) is 0 Å². The van der Waals surface area contributed by atoms with Crippen LogP contribution in [0.2, 0.25) is 0 Å². The van der Waals surface area contributed by atoms with Crippen LogP contribution < -0.4 is 15.5 Å². The van der Waals surface area contributed by atoms with Crippen molar-refractivity contribution in [1.29, 1.82) is 0 Å². The van der Waals surface area contributed by atoms with Gasteiger partial charge in [-0.25, -0.2) is 9.59 Å². The molecule has 3 atom stereocenters. The van der Waals surface area contributed by atoms with Crippen molar-refractivity contribution in [1.82, 2.24) is 0 Å². The number of carbonyl (C=O) groups is 3. The first-order valence-electron chi connectivity index (χ1n) is 13.8. The molecule has 4 aromatic carbocycles. The van der Waals surface area contributed by atoms with E-state index < -0.39 is 11.2 Å². The number of aromatic carboxylic acids is 1. The number of carboxylic acids is 1. The Bertz CT molecular complexity index is 1790. The summed E-state index contributed by atoms with van der Waals surface area (Å²) in [5.41, 5.74) is 2.11. The van der Waals surface area contributed by atoms with E-state index in [1.807, 2.05) is 97.1 Å². The molecule has 0 saturated heterocycles. The van der Waals surface area contributed by atoms with Gasteiger partial charge in [0.15, 0.2) is 0 Å². The zero-order valence-corrected chi connectivity index (χ0v) is 24.8. The fourth-order valence-electron chi connectivity index (χ4n) is 5.09. The number of carbonyl (C=O) groups excluding carboxylic acids is 2. The molecule has 0 radical (unpaired) electrons. The van der Waals surface area contributed by atoms with Gasteiger partial charge >= 0.3 is 12.0 Å². The summed E-state index contributed by atoms with van der Waals surface area (Å²) in [6.07, 6.45) is 8.11. The summed E-state index contributed by atoms with van der Waals surface area (Å²) >= 11 is 3.04. The van der Waals surface area contributed by atoms with E-state index in [1.165, 1.54) is 30.0 Å². The predicted octanol–water partition coefficient (Wildman–Crippen LogP) is 7.57. The van der Waals surface area contributed by atoms with Gasteiger partial charge < -0.3 is 20.8 Å². The number of fused-ring (bicyclic) bond motifs is 2. The molecule has 0 fully saturated rings. The summed E-state index contributed by atoms with van der Waals surface area (Å²) < 4.78 is 0. The number of para-hydroxylation sites is 1. The van der Waals surface area contributed by atoms with Gasteiger partial charge in [0.1, 0.15) is 16.6 Å². The summed E-state index contributed by atoms with van der Waals surface area (Å²) in [6.45, 7) is 0. The summed E-state index contributed by atoms with van der Waals surface area (Å²) in [7, 11) is 0. The molecule has 0 saturated carbocycles. The van der Waals surface area contributed by atoms with Gasteiger partial charge in [-0.2, -0.15) is 0 Å². The Morgan fingerprint density at radius 2 is 1.57 bits per heavy atom. The molecule has 1 heterocycles. The average Bonchev–Trinajstić information content (AvgIpc) is 3.03. The summed E-state index contributed by atoms with van der Waals surface area (Å²) in [4.78, 5) is 42.4. The van der Waals surface area contributed by atoms with Gasteiger partial charge in [-0.3, -0.25) is 9.69 Å². The topological polar surface area (TPSA) is 119 Å². The van der Waals surface area contributed by atoms with Crippen LogP contribution in [0.15, 0.2) is 131 Å². The molecular weight excluding hydrogens is 595 g/mol. The smallest absolute Gasteiger partial charge is 0.339 e. The van der Waals surface area contributed by atoms with Crippen molar-refractivity contribution in [2.75, 3.05) is 15.5 Å². The monoisotopic (exact) mass is 621 g/mol. The SMILES string of the molecule is O=C(O)c1cc(NC(=O)C(Sc2cccc(NC(=O)N3c4ccccc4SC4C=CC=CC43)c2)c2ccccc2)ccc1O. The molecule has 0 spiro atoms. The molecule has 2 aliphatic rings. The Morgan fingerprint density at radius 3 is 2.39 bits per heavy atom. The van der Waals surface area contributed by atoms with E-state index in [4.69, 9.17) is 0 Å². The van der Waals surface area contributed by atoms with Crippen LogP contribution in [-0.2, 0) is 4.79 Å². The van der Waals surface area contributed by atoms with E-state index in [-0.39, 0.29) is 40.2 Å². The number of phenols is 1. The van der Waals surface area contributed by atoms with Gasteiger partial charge in [-0.15, -0.1) is 23.5 Å². The quantitative estimate of drug-likeness (QED) is 0.124. The molecule has 44 heavy (non-hydrogen) atoms. The van der Waals surface area contributed by atoms with Crippen LogP contribution >= 0.6 is 23.5 Å². The highest BCUT2D eigenvalue weighted by Gasteiger charge is 2.36. The maximum Gasteiger partial charge on any atom is 0.339 e. The highest BCUT2D eigenvalue weighted by molar-refractivity contribution is 8.00. The fourth-order valence-corrected chi connectivity index (χ4v) is 7.43. The second-order valence-corrected chi connectivity index (χ2v) is 12.5. The number of hydrogen-bond acceptors (Lipinski definition) is 6. The minimum absolute atomic E-state index is 0.104. The number of thioether (sulfide) groups is 2. The number of allylic oxidation sites excluding steroid dienone is 2. The molecule has 6 rings (SSSR count). The molecule has 1 aliphatic heterocycles. The maximum atomic E-state index is 13.8. The molecule has 220 valence electrons. The van der Waals surface area contributed by atoms with Crippen LogP contribution in [0.25, 0.3) is 0 Å². The Hall–Kier alpha value is -4.93. The lowest BCUT2D eigenvalue weighted by atomic mass is 10.1. The summed E-state index contributed by atoms with van der Waals surface area (Å²) in [5.74, 6) is -2.06. The molecule has 0 aromatic heterocycles. The third kappa shape index (κ3) is 6.22. The minimum atomic E-state index is -1.30. The van der Waals surface area contributed by atoms with E-state index in [9.17, 15) is 24.6 Å². The Labute approximate surface area is 262 Å². The standard InChI is InChI=1S/C34H27N3O5S2/c38-28-18-17-23(20-25(28)33(40)41)35-32(39)31(21-9-2-1-3-10-21)43-24-12-8-11-22(19-24)36-34(42)37-26-13-4-6-15-29(26)44-30-16-7-5-14-27(30)37/h1-20,26,29,31,38H,(H,35,39)(H,36,42)(H,40,41). The number of aromatic hydroxyl groups is 1. The van der Waals surface area contributed by atoms with Gasteiger partial charge in [0.2, 0.25) is 5.91 Å². The first-order valence-corrected chi connectivity index (χ1v) is 15.5. The number of nitrogens with zero attached hydrogens (tertiary/aromatic N) is 1. The van der Waals surface area contributed by atoms with Gasteiger partial charge in [0.05, 0.1) is 17.0 Å². The number of urea groups is 1. The average molecular weight is 622 g/mol. The molecular formula is C34H27N3O5S2. The Kier molecular flexibility index (Phi) is 8.44. The van der Waals surface area contributed by atoms with Crippen molar-refractivity contribution in [3.05, 3.63) is 132 Å². The van der Waals surface area contributed by atoms with E-state index in [0.29, 0.717) is 5.69 Å². The van der Waals surface area contributed by atoms with Crippen molar-refractivity contribution in [3.63, 3.8) is 0 Å². The van der Waals surface area contributed by atoms with Crippen LogP contribution in [0.3, 0.4) is 0 Å². The van der Waals surface area contributed by atoms with E-state index in [2.05, 4.69) is 16.7 Å². The van der Waals surface area contributed by atoms with Crippen molar-refractivity contribution in [2.24, 2.45) is 0 Å².